The van der Waals surface area contributed by atoms with Gasteiger partial charge in [0, 0.05) is 25.0 Å². The fraction of sp³-hybridized carbons (Fsp3) is 0. The molecule has 1 aliphatic rings. The molecule has 0 atom stereocenters. The molecule has 0 fully saturated rings. The largest absolute Gasteiger partial charge is 0.451 e. The van der Waals surface area contributed by atoms with Gasteiger partial charge in [-0.1, -0.05) is 35.9 Å². The van der Waals surface area contributed by atoms with Gasteiger partial charge in [-0.3, -0.25) is 0 Å². The molecule has 2 heterocycles. The first-order chi connectivity index (χ1) is 17.8. The van der Waals surface area contributed by atoms with Crippen molar-refractivity contribution in [3.05, 3.63) is 133 Å². The third kappa shape index (κ3) is 4.10. The molecule has 0 spiro atoms. The van der Waals surface area contributed by atoms with Gasteiger partial charge in [0.2, 0.25) is 0 Å². The molecule has 3 nitrogen and oxygen atoms in total. The first kappa shape index (κ1) is 23.2. The number of para-hydroxylation sites is 3. The molecule has 5 aromatic carbocycles. The molecule has 37 heavy (non-hydrogen) atoms. The van der Waals surface area contributed by atoms with E-state index in [0.717, 1.165) is 56.1 Å². The van der Waals surface area contributed by atoms with Gasteiger partial charge in [-0.15, -0.1) is 48.0 Å². The van der Waals surface area contributed by atoms with Crippen molar-refractivity contribution in [1.29, 1.82) is 0 Å². The van der Waals surface area contributed by atoms with Gasteiger partial charge in [0.25, 0.3) is 0 Å². The van der Waals surface area contributed by atoms with Crippen molar-refractivity contribution < 1.29 is 24.2 Å². The molecular weight excluding hydrogens is 506 g/mol. The second-order valence-electron chi connectivity index (χ2n) is 8.59. The van der Waals surface area contributed by atoms with E-state index in [1.807, 2.05) is 66.7 Å². The van der Waals surface area contributed by atoms with E-state index in [9.17, 15) is 0 Å². The minimum absolute atomic E-state index is 0. The fourth-order valence-corrected chi connectivity index (χ4v) is 4.69. The zero-order valence-corrected chi connectivity index (χ0v) is 22.9. The second kappa shape index (κ2) is 9.65. The zero-order valence-electron chi connectivity index (χ0n) is 20.0. The molecule has 172 valence electrons. The van der Waals surface area contributed by atoms with Crippen LogP contribution in [0.4, 0.5) is 17.2 Å². The summed E-state index contributed by atoms with van der Waals surface area (Å²) in [6.07, 6.45) is 0. The second-order valence-corrected chi connectivity index (χ2v) is 8.59. The van der Waals surface area contributed by atoms with Crippen LogP contribution in [0.25, 0.3) is 33.2 Å². The molecule has 0 amide bonds. The van der Waals surface area contributed by atoms with Gasteiger partial charge in [-0.05, 0) is 29.3 Å². The van der Waals surface area contributed by atoms with Gasteiger partial charge in [-0.25, -0.2) is 16.1 Å². The van der Waals surface area contributed by atoms with Crippen LogP contribution in [-0.4, -0.2) is 4.98 Å². The summed E-state index contributed by atoms with van der Waals surface area (Å²) in [4.78, 5) is 7.33. The van der Waals surface area contributed by atoms with Gasteiger partial charge < -0.3 is 9.64 Å². The summed E-state index contributed by atoms with van der Waals surface area (Å²) in [5, 5.41) is 1.01. The summed E-state index contributed by atoms with van der Waals surface area (Å²) in [5.41, 5.74) is 6.72. The Bertz CT molecular complexity index is 1720. The Hall–Kier alpha value is -4.27. The summed E-state index contributed by atoms with van der Waals surface area (Å²) in [5.74, 6) is 2.22. The number of aromatic nitrogens is 1. The fourth-order valence-electron chi connectivity index (χ4n) is 4.69. The monoisotopic (exact) mass is 523 g/mol. The van der Waals surface area contributed by atoms with E-state index in [2.05, 4.69) is 71.6 Å². The Labute approximate surface area is 228 Å². The number of fused-ring (bicyclic) bond motifs is 3. The van der Waals surface area contributed by atoms with Crippen LogP contribution in [0, 0.1) is 18.2 Å². The van der Waals surface area contributed by atoms with Crippen molar-refractivity contribution in [1.82, 2.24) is 4.98 Å². The number of rotatable bonds is 3. The Morgan fingerprint density at radius 1 is 0.649 bits per heavy atom. The Kier molecular flexibility index (Phi) is 6.04. The molecule has 7 rings (SSSR count). The number of pyridine rings is 1. The van der Waals surface area contributed by atoms with E-state index in [4.69, 9.17) is 9.72 Å². The van der Waals surface area contributed by atoms with Crippen molar-refractivity contribution in [2.45, 2.75) is 0 Å². The first-order valence-electron chi connectivity index (χ1n) is 11.8. The maximum atomic E-state index is 6.37. The Morgan fingerprint density at radius 3 is 2.19 bits per heavy atom. The number of benzene rings is 5. The van der Waals surface area contributed by atoms with Crippen LogP contribution >= 0.6 is 0 Å². The van der Waals surface area contributed by atoms with Gasteiger partial charge in [0.1, 0.15) is 0 Å². The van der Waals surface area contributed by atoms with Gasteiger partial charge >= 0.3 is 0 Å². The molecule has 0 saturated carbocycles. The predicted molar refractivity (Wildman–Crippen MR) is 144 cm³/mol. The Balaban J connectivity index is 0.00000252. The standard InChI is InChI=1S/C33H19N2O.Zn/c1-3-11-23(12-4-1)25-15-9-17-27(21-25)35-29-19-7-8-20-30(29)36-31-22-26-16-10-18-28(32(26)34-33(31)35)24-13-5-2-6-14-24;/h1-11,13,15-20,22H;/q-3;. The van der Waals surface area contributed by atoms with E-state index in [1.165, 1.54) is 0 Å². The number of ether oxygens (including phenoxy) is 1. The van der Waals surface area contributed by atoms with E-state index < -0.39 is 0 Å². The summed E-state index contributed by atoms with van der Waals surface area (Å²) >= 11 is 0. The molecule has 6 aromatic rings. The molecule has 1 aliphatic heterocycles. The smallest absolute Gasteiger partial charge is 0.179 e. The van der Waals surface area contributed by atoms with Crippen molar-refractivity contribution in [2.75, 3.05) is 4.90 Å². The topological polar surface area (TPSA) is 25.4 Å². The summed E-state index contributed by atoms with van der Waals surface area (Å²) in [6.45, 7) is 0. The maximum Gasteiger partial charge on any atom is 0.179 e. The molecule has 0 saturated heterocycles. The predicted octanol–water partition coefficient (Wildman–Crippen LogP) is 8.54. The normalized spacial score (nSPS) is 11.7. The van der Waals surface area contributed by atoms with Crippen LogP contribution in [0.1, 0.15) is 0 Å². The first-order valence-corrected chi connectivity index (χ1v) is 11.8. The average Bonchev–Trinajstić information content (AvgIpc) is 2.95. The number of anilines is 3. The average molecular weight is 525 g/mol. The third-order valence-corrected chi connectivity index (χ3v) is 6.35. The van der Waals surface area contributed by atoms with E-state index >= 15 is 0 Å². The number of hydrogen-bond donors (Lipinski definition) is 0. The Morgan fingerprint density at radius 2 is 1.38 bits per heavy atom. The summed E-state index contributed by atoms with van der Waals surface area (Å²) in [6, 6.07) is 48.7. The zero-order chi connectivity index (χ0) is 23.9. The molecule has 0 radical (unpaired) electrons. The molecule has 0 aliphatic carbocycles. The van der Waals surface area contributed by atoms with Crippen molar-refractivity contribution in [3.63, 3.8) is 0 Å². The maximum absolute atomic E-state index is 6.37. The SMILES string of the molecule is [Zn].[c-]1ccccc1-c1[c-]c(N2c3ccccc3Oc3cc4cccc(-c5[c-]cccc5)c4nc32)ccc1. The quantitative estimate of drug-likeness (QED) is 0.171. The van der Waals surface area contributed by atoms with Crippen molar-refractivity contribution in [3.8, 4) is 33.8 Å². The van der Waals surface area contributed by atoms with Gasteiger partial charge in [0.15, 0.2) is 17.3 Å². The van der Waals surface area contributed by atoms with Crippen LogP contribution in [-0.2, 0) is 19.5 Å². The molecule has 0 unspecified atom stereocenters. The molecule has 1 aromatic heterocycles. The van der Waals surface area contributed by atoms with Crippen LogP contribution in [0.2, 0.25) is 0 Å². The van der Waals surface area contributed by atoms with Crippen molar-refractivity contribution in [2.24, 2.45) is 0 Å². The van der Waals surface area contributed by atoms with Crippen LogP contribution in [0.15, 0.2) is 115 Å². The molecule has 0 N–H and O–H groups in total. The van der Waals surface area contributed by atoms with E-state index in [0.29, 0.717) is 5.75 Å². The third-order valence-electron chi connectivity index (χ3n) is 6.35. The summed E-state index contributed by atoms with van der Waals surface area (Å²) in [7, 11) is 0. The molecular formula is C33H19N2OZn-3. The van der Waals surface area contributed by atoms with Crippen molar-refractivity contribution >= 4 is 28.1 Å². The van der Waals surface area contributed by atoms with E-state index in [-0.39, 0.29) is 19.5 Å². The minimum atomic E-state index is 0. The number of hydrogen-bond acceptors (Lipinski definition) is 3. The van der Waals surface area contributed by atoms with Crippen LogP contribution in [0.3, 0.4) is 0 Å². The van der Waals surface area contributed by atoms with Crippen LogP contribution < -0.4 is 9.64 Å². The minimum Gasteiger partial charge on any atom is -0.451 e. The van der Waals surface area contributed by atoms with E-state index in [1.54, 1.807) is 0 Å². The van der Waals surface area contributed by atoms with Gasteiger partial charge in [0.05, 0.1) is 5.69 Å². The number of nitrogens with zero attached hydrogens (tertiary/aromatic N) is 2. The van der Waals surface area contributed by atoms with Gasteiger partial charge in [-0.2, -0.15) is 42.5 Å². The molecule has 4 heteroatoms. The van der Waals surface area contributed by atoms with Crippen LogP contribution in [0.5, 0.6) is 11.5 Å². The summed E-state index contributed by atoms with van der Waals surface area (Å²) < 4.78 is 6.37. The molecule has 0 bridgehead atoms.